The zero-order valence-electron chi connectivity index (χ0n) is 6.66. The summed E-state index contributed by atoms with van der Waals surface area (Å²) in [6.07, 6.45) is 3.95. The molecule has 1 aliphatic carbocycles. The molecular formula is C8H12N2O2. The fourth-order valence-electron chi connectivity index (χ4n) is 1.44. The van der Waals surface area contributed by atoms with Crippen molar-refractivity contribution in [2.24, 2.45) is 5.73 Å². The first kappa shape index (κ1) is 7.64. The SMILES string of the molecule is NC1=CCC2N[C@H](O)COC2=C1. The van der Waals surface area contributed by atoms with Crippen LogP contribution in [0.4, 0.5) is 0 Å². The molecule has 1 fully saturated rings. The number of nitrogens with one attached hydrogen (secondary N) is 1. The van der Waals surface area contributed by atoms with Crippen LogP contribution in [0.25, 0.3) is 0 Å². The Morgan fingerprint density at radius 3 is 3.33 bits per heavy atom. The van der Waals surface area contributed by atoms with Gasteiger partial charge in [-0.2, -0.15) is 0 Å². The van der Waals surface area contributed by atoms with Gasteiger partial charge >= 0.3 is 0 Å². The number of hydrogen-bond acceptors (Lipinski definition) is 4. The largest absolute Gasteiger partial charge is 0.492 e. The second-order valence-electron chi connectivity index (χ2n) is 3.03. The smallest absolute Gasteiger partial charge is 0.139 e. The first-order valence-electron chi connectivity index (χ1n) is 4.00. The van der Waals surface area contributed by atoms with Crippen LogP contribution in [0.3, 0.4) is 0 Å². The molecule has 1 saturated heterocycles. The number of allylic oxidation sites excluding steroid dienone is 1. The Hall–Kier alpha value is -1.00. The molecule has 0 saturated carbocycles. The lowest BCUT2D eigenvalue weighted by atomic mass is 10.0. The molecule has 2 rings (SSSR count). The van der Waals surface area contributed by atoms with E-state index in [-0.39, 0.29) is 6.04 Å². The highest BCUT2D eigenvalue weighted by Gasteiger charge is 2.26. The lowest BCUT2D eigenvalue weighted by molar-refractivity contribution is -0.00135. The number of ether oxygens (including phenoxy) is 1. The molecular weight excluding hydrogens is 156 g/mol. The molecule has 0 aromatic rings. The molecule has 2 atom stereocenters. The first-order chi connectivity index (χ1) is 5.75. The van der Waals surface area contributed by atoms with Crippen LogP contribution in [-0.4, -0.2) is 24.0 Å². The van der Waals surface area contributed by atoms with Gasteiger partial charge in [-0.3, -0.25) is 5.32 Å². The van der Waals surface area contributed by atoms with E-state index in [1.807, 2.05) is 6.08 Å². The maximum Gasteiger partial charge on any atom is 0.139 e. The van der Waals surface area contributed by atoms with Gasteiger partial charge in [0.1, 0.15) is 18.6 Å². The van der Waals surface area contributed by atoms with Gasteiger partial charge in [-0.05, 0) is 6.42 Å². The molecule has 4 nitrogen and oxygen atoms in total. The van der Waals surface area contributed by atoms with E-state index in [1.54, 1.807) is 6.08 Å². The number of rotatable bonds is 0. The summed E-state index contributed by atoms with van der Waals surface area (Å²) in [4.78, 5) is 0. The van der Waals surface area contributed by atoms with E-state index in [4.69, 9.17) is 10.5 Å². The van der Waals surface area contributed by atoms with Gasteiger partial charge in [0.25, 0.3) is 0 Å². The Kier molecular flexibility index (Phi) is 1.78. The van der Waals surface area contributed by atoms with Crippen LogP contribution in [0.5, 0.6) is 0 Å². The van der Waals surface area contributed by atoms with Gasteiger partial charge in [0, 0.05) is 11.8 Å². The third-order valence-corrected chi connectivity index (χ3v) is 2.04. The molecule has 0 bridgehead atoms. The second-order valence-corrected chi connectivity index (χ2v) is 3.03. The Morgan fingerprint density at radius 1 is 1.67 bits per heavy atom. The quantitative estimate of drug-likeness (QED) is 0.453. The van der Waals surface area contributed by atoms with Crippen molar-refractivity contribution in [1.82, 2.24) is 5.32 Å². The molecule has 1 unspecified atom stereocenters. The minimum absolute atomic E-state index is 0.0982. The molecule has 2 aliphatic rings. The van der Waals surface area contributed by atoms with Crippen molar-refractivity contribution < 1.29 is 9.84 Å². The fourth-order valence-corrected chi connectivity index (χ4v) is 1.44. The van der Waals surface area contributed by atoms with Crippen LogP contribution in [-0.2, 0) is 4.74 Å². The van der Waals surface area contributed by atoms with Crippen LogP contribution in [0.15, 0.2) is 23.6 Å². The summed E-state index contributed by atoms with van der Waals surface area (Å²) in [6.45, 7) is 0.301. The summed E-state index contributed by atoms with van der Waals surface area (Å²) in [5.74, 6) is 0.834. The Morgan fingerprint density at radius 2 is 2.50 bits per heavy atom. The molecule has 0 aromatic heterocycles. The van der Waals surface area contributed by atoms with Crippen molar-refractivity contribution in [2.45, 2.75) is 18.7 Å². The third kappa shape index (κ3) is 1.31. The summed E-state index contributed by atoms with van der Waals surface area (Å²) in [5, 5.41) is 12.2. The molecule has 4 N–H and O–H groups in total. The normalized spacial score (nSPS) is 34.4. The summed E-state index contributed by atoms with van der Waals surface area (Å²) in [7, 11) is 0. The predicted molar refractivity (Wildman–Crippen MR) is 43.9 cm³/mol. The number of fused-ring (bicyclic) bond motifs is 1. The maximum atomic E-state index is 9.20. The molecule has 0 aromatic carbocycles. The van der Waals surface area contributed by atoms with Crippen LogP contribution >= 0.6 is 0 Å². The van der Waals surface area contributed by atoms with Crippen molar-refractivity contribution in [2.75, 3.05) is 6.61 Å². The van der Waals surface area contributed by atoms with E-state index in [0.29, 0.717) is 6.61 Å². The lowest BCUT2D eigenvalue weighted by Gasteiger charge is -2.32. The molecule has 0 amide bonds. The van der Waals surface area contributed by atoms with Crippen LogP contribution in [0.2, 0.25) is 0 Å². The molecule has 1 heterocycles. The van der Waals surface area contributed by atoms with Crippen molar-refractivity contribution in [3.05, 3.63) is 23.6 Å². The molecule has 66 valence electrons. The van der Waals surface area contributed by atoms with Gasteiger partial charge in [0.2, 0.25) is 0 Å². The summed E-state index contributed by atoms with van der Waals surface area (Å²) >= 11 is 0. The standard InChI is InChI=1S/C8H12N2O2/c9-5-1-2-6-7(3-5)12-4-8(11)10-6/h1,3,6,8,10-11H,2,4,9H2/t6?,8-/m1/s1. The van der Waals surface area contributed by atoms with Crippen molar-refractivity contribution in [3.63, 3.8) is 0 Å². The average molecular weight is 168 g/mol. The van der Waals surface area contributed by atoms with Gasteiger partial charge in [-0.25, -0.2) is 0 Å². The van der Waals surface area contributed by atoms with Crippen molar-refractivity contribution in [3.8, 4) is 0 Å². The average Bonchev–Trinajstić information content (AvgIpc) is 2.05. The van der Waals surface area contributed by atoms with E-state index in [2.05, 4.69) is 5.32 Å². The Balaban J connectivity index is 2.13. The molecule has 1 aliphatic heterocycles. The number of nitrogens with two attached hydrogens (primary N) is 1. The number of aliphatic hydroxyl groups excluding tert-OH is 1. The molecule has 4 heteroatoms. The van der Waals surface area contributed by atoms with Gasteiger partial charge in [-0.15, -0.1) is 0 Å². The molecule has 12 heavy (non-hydrogen) atoms. The van der Waals surface area contributed by atoms with Crippen LogP contribution in [0.1, 0.15) is 6.42 Å². The predicted octanol–water partition coefficient (Wildman–Crippen LogP) is -0.577. The topological polar surface area (TPSA) is 67.5 Å². The Bertz CT molecular complexity index is 247. The minimum Gasteiger partial charge on any atom is -0.492 e. The monoisotopic (exact) mass is 168 g/mol. The van der Waals surface area contributed by atoms with E-state index < -0.39 is 6.23 Å². The minimum atomic E-state index is -0.556. The highest BCUT2D eigenvalue weighted by molar-refractivity contribution is 5.27. The maximum absolute atomic E-state index is 9.20. The van der Waals surface area contributed by atoms with Gasteiger partial charge in [0.05, 0.1) is 6.04 Å². The van der Waals surface area contributed by atoms with E-state index in [0.717, 1.165) is 17.9 Å². The van der Waals surface area contributed by atoms with Crippen molar-refractivity contribution in [1.29, 1.82) is 0 Å². The van der Waals surface area contributed by atoms with E-state index >= 15 is 0 Å². The van der Waals surface area contributed by atoms with Gasteiger partial charge in [-0.1, -0.05) is 6.08 Å². The third-order valence-electron chi connectivity index (χ3n) is 2.04. The fraction of sp³-hybridized carbons (Fsp3) is 0.500. The second kappa shape index (κ2) is 2.80. The molecule has 0 spiro atoms. The highest BCUT2D eigenvalue weighted by atomic mass is 16.5. The Labute approximate surface area is 70.7 Å². The summed E-state index contributed by atoms with van der Waals surface area (Å²) < 4.78 is 5.29. The van der Waals surface area contributed by atoms with E-state index in [9.17, 15) is 5.11 Å². The summed E-state index contributed by atoms with van der Waals surface area (Å²) in [6, 6.07) is 0.0982. The van der Waals surface area contributed by atoms with E-state index in [1.165, 1.54) is 0 Å². The van der Waals surface area contributed by atoms with Gasteiger partial charge < -0.3 is 15.6 Å². The number of aliphatic hydroxyl groups is 1. The van der Waals surface area contributed by atoms with Gasteiger partial charge in [0.15, 0.2) is 0 Å². The highest BCUT2D eigenvalue weighted by Crippen LogP contribution is 2.20. The first-order valence-corrected chi connectivity index (χ1v) is 4.00. The van der Waals surface area contributed by atoms with Crippen LogP contribution in [0, 0.1) is 0 Å². The molecule has 0 radical (unpaired) electrons. The van der Waals surface area contributed by atoms with Crippen LogP contribution < -0.4 is 11.1 Å². The zero-order valence-corrected chi connectivity index (χ0v) is 6.66. The van der Waals surface area contributed by atoms with Crippen molar-refractivity contribution >= 4 is 0 Å². The number of morpholine rings is 1. The number of hydrogen-bond donors (Lipinski definition) is 3. The zero-order chi connectivity index (χ0) is 8.55. The lowest BCUT2D eigenvalue weighted by Crippen LogP contribution is -2.48. The summed E-state index contributed by atoms with van der Waals surface area (Å²) in [5.41, 5.74) is 6.33.